The molecule has 1 fully saturated rings. The van der Waals surface area contributed by atoms with E-state index >= 15 is 0 Å². The van der Waals surface area contributed by atoms with E-state index in [4.69, 9.17) is 0 Å². The van der Waals surface area contributed by atoms with Crippen LogP contribution >= 0.6 is 0 Å². The van der Waals surface area contributed by atoms with Gasteiger partial charge in [-0.15, -0.1) is 0 Å². The van der Waals surface area contributed by atoms with E-state index in [0.717, 1.165) is 26.1 Å². The summed E-state index contributed by atoms with van der Waals surface area (Å²) < 4.78 is 4.47. The Morgan fingerprint density at radius 1 is 1.69 bits per heavy atom. The minimum atomic E-state index is -0.330. The number of hydrogen-bond donors (Lipinski definition) is 2. The Bertz CT molecular complexity index is 156. The molecule has 0 saturated carbocycles. The van der Waals surface area contributed by atoms with Crippen LogP contribution in [0.5, 0.6) is 0 Å². The molecule has 76 valence electrons. The van der Waals surface area contributed by atoms with Crippen LogP contribution in [0.1, 0.15) is 19.3 Å². The molecule has 1 atom stereocenters. The largest absolute Gasteiger partial charge is 0.453 e. The van der Waals surface area contributed by atoms with Gasteiger partial charge in [0.15, 0.2) is 0 Å². The Balaban J connectivity index is 2.01. The van der Waals surface area contributed by atoms with Crippen molar-refractivity contribution in [1.29, 1.82) is 0 Å². The van der Waals surface area contributed by atoms with Crippen LogP contribution in [-0.4, -0.2) is 32.8 Å². The van der Waals surface area contributed by atoms with E-state index < -0.39 is 0 Å². The maximum atomic E-state index is 10.7. The second-order valence-corrected chi connectivity index (χ2v) is 3.42. The highest BCUT2D eigenvalue weighted by molar-refractivity contribution is 5.66. The summed E-state index contributed by atoms with van der Waals surface area (Å²) in [6.45, 7) is 2.95. The molecule has 1 amide bonds. The highest BCUT2D eigenvalue weighted by atomic mass is 16.5. The predicted octanol–water partition coefficient (Wildman–Crippen LogP) is 0.732. The van der Waals surface area contributed by atoms with Gasteiger partial charge in [-0.3, -0.25) is 0 Å². The molecule has 1 aliphatic heterocycles. The zero-order valence-electron chi connectivity index (χ0n) is 8.14. The number of hydrogen-bond acceptors (Lipinski definition) is 3. The van der Waals surface area contributed by atoms with Crippen molar-refractivity contribution >= 4 is 6.09 Å². The van der Waals surface area contributed by atoms with E-state index in [0.29, 0.717) is 5.92 Å². The minimum Gasteiger partial charge on any atom is -0.453 e. The molecule has 4 heteroatoms. The molecular formula is C9H18N2O2. The molecule has 2 N–H and O–H groups in total. The third kappa shape index (κ3) is 4.12. The van der Waals surface area contributed by atoms with Crippen molar-refractivity contribution in [3.63, 3.8) is 0 Å². The first-order valence-electron chi connectivity index (χ1n) is 4.85. The fraction of sp³-hybridized carbons (Fsp3) is 0.889. The maximum absolute atomic E-state index is 10.7. The Hall–Kier alpha value is -0.770. The van der Waals surface area contributed by atoms with Crippen molar-refractivity contribution in [2.24, 2.45) is 5.92 Å². The number of ether oxygens (including phenoxy) is 1. The summed E-state index contributed by atoms with van der Waals surface area (Å²) >= 11 is 0. The molecule has 1 heterocycles. The second kappa shape index (κ2) is 5.80. The van der Waals surface area contributed by atoms with Gasteiger partial charge in [0.1, 0.15) is 0 Å². The molecule has 0 aromatic heterocycles. The number of alkyl carbamates (subject to hydrolysis) is 1. The number of nitrogens with one attached hydrogen (secondary N) is 2. The molecule has 0 aliphatic carbocycles. The number of rotatable bonds is 3. The maximum Gasteiger partial charge on any atom is 0.406 e. The van der Waals surface area contributed by atoms with Crippen molar-refractivity contribution in [3.8, 4) is 0 Å². The van der Waals surface area contributed by atoms with Gasteiger partial charge in [-0.05, 0) is 38.3 Å². The highest BCUT2D eigenvalue weighted by Gasteiger charge is 2.12. The lowest BCUT2D eigenvalue weighted by atomic mass is 9.96. The summed E-state index contributed by atoms with van der Waals surface area (Å²) in [5.41, 5.74) is 0. The van der Waals surface area contributed by atoms with E-state index in [1.54, 1.807) is 0 Å². The fourth-order valence-electron chi connectivity index (χ4n) is 1.62. The first kappa shape index (κ1) is 10.3. The molecule has 1 saturated heterocycles. The fourth-order valence-corrected chi connectivity index (χ4v) is 1.62. The monoisotopic (exact) mass is 186 g/mol. The summed E-state index contributed by atoms with van der Waals surface area (Å²) in [7, 11) is 1.39. The van der Waals surface area contributed by atoms with Crippen LogP contribution in [0.3, 0.4) is 0 Å². The van der Waals surface area contributed by atoms with Crippen molar-refractivity contribution in [2.75, 3.05) is 26.7 Å². The van der Waals surface area contributed by atoms with Gasteiger partial charge >= 0.3 is 6.09 Å². The van der Waals surface area contributed by atoms with E-state index in [2.05, 4.69) is 15.4 Å². The molecule has 0 aromatic carbocycles. The average molecular weight is 186 g/mol. The van der Waals surface area contributed by atoms with Gasteiger partial charge < -0.3 is 15.4 Å². The van der Waals surface area contributed by atoms with Crippen LogP contribution in [0.15, 0.2) is 0 Å². The smallest absolute Gasteiger partial charge is 0.406 e. The first-order chi connectivity index (χ1) is 6.33. The molecular weight excluding hydrogens is 168 g/mol. The van der Waals surface area contributed by atoms with Crippen LogP contribution < -0.4 is 10.6 Å². The second-order valence-electron chi connectivity index (χ2n) is 3.42. The van der Waals surface area contributed by atoms with Crippen LogP contribution in [-0.2, 0) is 4.74 Å². The number of methoxy groups -OCH3 is 1. The molecule has 1 rings (SSSR count). The minimum absolute atomic E-state index is 0.330. The van der Waals surface area contributed by atoms with Gasteiger partial charge in [-0.1, -0.05) is 0 Å². The van der Waals surface area contributed by atoms with Crippen molar-refractivity contribution < 1.29 is 9.53 Å². The number of carbonyl (C=O) groups excluding carboxylic acids is 1. The van der Waals surface area contributed by atoms with Crippen LogP contribution in [0.2, 0.25) is 0 Å². The van der Waals surface area contributed by atoms with E-state index in [-0.39, 0.29) is 6.09 Å². The number of piperidine rings is 1. The summed E-state index contributed by atoms with van der Waals surface area (Å²) in [5.74, 6) is 0.714. The third-order valence-corrected chi connectivity index (χ3v) is 2.41. The van der Waals surface area contributed by atoms with Crippen molar-refractivity contribution in [2.45, 2.75) is 19.3 Å². The van der Waals surface area contributed by atoms with Crippen molar-refractivity contribution in [3.05, 3.63) is 0 Å². The Labute approximate surface area is 79.0 Å². The highest BCUT2D eigenvalue weighted by Crippen LogP contribution is 2.12. The van der Waals surface area contributed by atoms with E-state index in [9.17, 15) is 4.79 Å². The molecule has 0 spiro atoms. The van der Waals surface area contributed by atoms with Gasteiger partial charge in [0, 0.05) is 6.54 Å². The standard InChI is InChI=1S/C9H18N2O2/c1-13-9(12)11-6-4-8-3-2-5-10-7-8/h8,10H,2-7H2,1H3,(H,11,12). The Morgan fingerprint density at radius 3 is 3.15 bits per heavy atom. The zero-order chi connectivity index (χ0) is 9.52. The van der Waals surface area contributed by atoms with Crippen LogP contribution in [0, 0.1) is 5.92 Å². The lowest BCUT2D eigenvalue weighted by molar-refractivity contribution is 0.170. The lowest BCUT2D eigenvalue weighted by Crippen LogP contribution is -2.33. The summed E-state index contributed by atoms with van der Waals surface area (Å²) in [5, 5.41) is 6.03. The third-order valence-electron chi connectivity index (χ3n) is 2.41. The van der Waals surface area contributed by atoms with Gasteiger partial charge in [0.25, 0.3) is 0 Å². The van der Waals surface area contributed by atoms with Gasteiger partial charge in [-0.25, -0.2) is 4.79 Å². The Morgan fingerprint density at radius 2 is 2.54 bits per heavy atom. The predicted molar refractivity (Wildman–Crippen MR) is 50.6 cm³/mol. The van der Waals surface area contributed by atoms with E-state index in [1.807, 2.05) is 0 Å². The van der Waals surface area contributed by atoms with Crippen LogP contribution in [0.25, 0.3) is 0 Å². The van der Waals surface area contributed by atoms with E-state index in [1.165, 1.54) is 20.0 Å². The number of amides is 1. The number of carbonyl (C=O) groups is 1. The summed E-state index contributed by atoms with van der Waals surface area (Å²) in [6, 6.07) is 0. The molecule has 0 bridgehead atoms. The summed E-state index contributed by atoms with van der Waals surface area (Å²) in [6.07, 6.45) is 3.24. The van der Waals surface area contributed by atoms with Crippen molar-refractivity contribution in [1.82, 2.24) is 10.6 Å². The quantitative estimate of drug-likeness (QED) is 0.683. The molecule has 4 nitrogen and oxygen atoms in total. The molecule has 13 heavy (non-hydrogen) atoms. The summed E-state index contributed by atoms with van der Waals surface area (Å²) in [4.78, 5) is 10.7. The SMILES string of the molecule is COC(=O)NCCC1CCCNC1. The lowest BCUT2D eigenvalue weighted by Gasteiger charge is -2.22. The van der Waals surface area contributed by atoms with Gasteiger partial charge in [-0.2, -0.15) is 0 Å². The molecule has 0 aromatic rings. The first-order valence-corrected chi connectivity index (χ1v) is 4.85. The average Bonchev–Trinajstić information content (AvgIpc) is 2.19. The molecule has 0 radical (unpaired) electrons. The van der Waals surface area contributed by atoms with Gasteiger partial charge in [0.05, 0.1) is 7.11 Å². The normalized spacial score (nSPS) is 22.4. The molecule has 1 unspecified atom stereocenters. The topological polar surface area (TPSA) is 50.4 Å². The molecule has 1 aliphatic rings. The zero-order valence-corrected chi connectivity index (χ0v) is 8.14. The Kier molecular flexibility index (Phi) is 4.60. The van der Waals surface area contributed by atoms with Gasteiger partial charge in [0.2, 0.25) is 0 Å². The van der Waals surface area contributed by atoms with Crippen LogP contribution in [0.4, 0.5) is 4.79 Å².